The van der Waals surface area contributed by atoms with Gasteiger partial charge in [0, 0.05) is 13.2 Å². The molecule has 1 amide bonds. The summed E-state index contributed by atoms with van der Waals surface area (Å²) in [6, 6.07) is 0. The van der Waals surface area contributed by atoms with Gasteiger partial charge in [0.25, 0.3) is 0 Å². The second-order valence-electron chi connectivity index (χ2n) is 6.84. The van der Waals surface area contributed by atoms with Crippen molar-refractivity contribution in [3.63, 3.8) is 0 Å². The first-order valence-corrected chi connectivity index (χ1v) is 8.78. The van der Waals surface area contributed by atoms with Gasteiger partial charge < -0.3 is 19.9 Å². The van der Waals surface area contributed by atoms with E-state index in [1.165, 1.54) is 12.8 Å². The topological polar surface area (TPSA) is 84.9 Å². The van der Waals surface area contributed by atoms with Crippen LogP contribution in [0.5, 0.6) is 0 Å². The molecule has 6 nitrogen and oxygen atoms in total. The maximum atomic E-state index is 12.5. The van der Waals surface area contributed by atoms with Gasteiger partial charge >= 0.3 is 5.97 Å². The number of carbonyl (C=O) groups is 2. The molecule has 1 aliphatic heterocycles. The quantitative estimate of drug-likeness (QED) is 0.731. The second kappa shape index (κ2) is 8.64. The highest BCUT2D eigenvalue weighted by Gasteiger charge is 2.37. The Morgan fingerprint density at radius 1 is 1.22 bits per heavy atom. The number of amides is 1. The van der Waals surface area contributed by atoms with E-state index in [1.807, 2.05) is 0 Å². The van der Waals surface area contributed by atoms with E-state index >= 15 is 0 Å². The summed E-state index contributed by atoms with van der Waals surface area (Å²) in [5, 5.41) is 12.1. The Morgan fingerprint density at radius 2 is 1.83 bits per heavy atom. The van der Waals surface area contributed by atoms with E-state index in [-0.39, 0.29) is 18.4 Å². The molecule has 1 heterocycles. The van der Waals surface area contributed by atoms with E-state index in [0.717, 1.165) is 25.7 Å². The standard InChI is InChI=1S/C17H29NO5/c1-13(23-14-6-4-2-3-5-7-14)16(21)18-17(12-15(19)20)8-10-22-11-9-17/h13-14H,2-12H2,1H3,(H,18,21)(H,19,20). The summed E-state index contributed by atoms with van der Waals surface area (Å²) in [4.78, 5) is 23.6. The van der Waals surface area contributed by atoms with Crippen LogP contribution >= 0.6 is 0 Å². The predicted octanol–water partition coefficient (Wildman–Crippen LogP) is 2.25. The van der Waals surface area contributed by atoms with Gasteiger partial charge in [-0.3, -0.25) is 9.59 Å². The Bertz CT molecular complexity index is 398. The van der Waals surface area contributed by atoms with Crippen LogP contribution in [0, 0.1) is 0 Å². The average Bonchev–Trinajstić information content (AvgIpc) is 2.75. The molecule has 0 aromatic rings. The van der Waals surface area contributed by atoms with Crippen molar-refractivity contribution in [3.8, 4) is 0 Å². The first kappa shape index (κ1) is 18.2. The van der Waals surface area contributed by atoms with Crippen molar-refractivity contribution in [2.45, 2.75) is 82.5 Å². The first-order chi connectivity index (χ1) is 11.0. The molecule has 2 N–H and O–H groups in total. The minimum Gasteiger partial charge on any atom is -0.481 e. The van der Waals surface area contributed by atoms with E-state index in [1.54, 1.807) is 6.92 Å². The van der Waals surface area contributed by atoms with E-state index in [0.29, 0.717) is 26.1 Å². The third-order valence-corrected chi connectivity index (χ3v) is 4.90. The lowest BCUT2D eigenvalue weighted by Crippen LogP contribution is -2.55. The van der Waals surface area contributed by atoms with E-state index in [2.05, 4.69) is 5.32 Å². The summed E-state index contributed by atoms with van der Waals surface area (Å²) in [5.74, 6) is -1.11. The fourth-order valence-electron chi connectivity index (χ4n) is 3.49. The third kappa shape index (κ3) is 5.77. The maximum Gasteiger partial charge on any atom is 0.305 e. The largest absolute Gasteiger partial charge is 0.481 e. The van der Waals surface area contributed by atoms with Crippen LogP contribution in [0.15, 0.2) is 0 Å². The highest BCUT2D eigenvalue weighted by molar-refractivity contribution is 5.82. The molecule has 0 bridgehead atoms. The van der Waals surface area contributed by atoms with Crippen LogP contribution in [0.25, 0.3) is 0 Å². The Hall–Kier alpha value is -1.14. The van der Waals surface area contributed by atoms with Crippen molar-refractivity contribution in [1.29, 1.82) is 0 Å². The number of carbonyl (C=O) groups excluding carboxylic acids is 1. The maximum absolute atomic E-state index is 12.5. The second-order valence-corrected chi connectivity index (χ2v) is 6.84. The van der Waals surface area contributed by atoms with Crippen molar-refractivity contribution in [2.24, 2.45) is 0 Å². The molecular formula is C17H29NO5. The van der Waals surface area contributed by atoms with Crippen molar-refractivity contribution in [2.75, 3.05) is 13.2 Å². The number of carboxylic acid groups (broad SMARTS) is 1. The molecule has 1 aliphatic carbocycles. The Labute approximate surface area is 137 Å². The van der Waals surface area contributed by atoms with Gasteiger partial charge in [0.1, 0.15) is 6.10 Å². The summed E-state index contributed by atoms with van der Waals surface area (Å²) in [6.45, 7) is 2.71. The zero-order valence-electron chi connectivity index (χ0n) is 14.0. The van der Waals surface area contributed by atoms with Gasteiger partial charge in [0.05, 0.1) is 18.1 Å². The van der Waals surface area contributed by atoms with Crippen LogP contribution in [-0.4, -0.2) is 47.9 Å². The molecule has 1 saturated carbocycles. The molecule has 132 valence electrons. The molecule has 1 unspecified atom stereocenters. The van der Waals surface area contributed by atoms with Crippen LogP contribution in [0.1, 0.15) is 64.7 Å². The van der Waals surface area contributed by atoms with E-state index < -0.39 is 17.6 Å². The minimum absolute atomic E-state index is 0.0712. The smallest absolute Gasteiger partial charge is 0.305 e. The molecule has 0 spiro atoms. The number of carboxylic acids is 1. The zero-order chi connectivity index (χ0) is 16.7. The summed E-state index contributed by atoms with van der Waals surface area (Å²) in [5.41, 5.74) is -0.706. The molecule has 6 heteroatoms. The molecule has 23 heavy (non-hydrogen) atoms. The van der Waals surface area contributed by atoms with Crippen LogP contribution in [0.4, 0.5) is 0 Å². The number of ether oxygens (including phenoxy) is 2. The van der Waals surface area contributed by atoms with Gasteiger partial charge in [-0.25, -0.2) is 0 Å². The zero-order valence-corrected chi connectivity index (χ0v) is 14.0. The number of rotatable bonds is 6. The Kier molecular flexibility index (Phi) is 6.84. The van der Waals surface area contributed by atoms with Gasteiger partial charge in [-0.15, -0.1) is 0 Å². The van der Waals surface area contributed by atoms with Crippen LogP contribution < -0.4 is 5.32 Å². The van der Waals surface area contributed by atoms with Gasteiger partial charge in [0.2, 0.25) is 5.91 Å². The summed E-state index contributed by atoms with van der Waals surface area (Å²) in [7, 11) is 0. The van der Waals surface area contributed by atoms with Gasteiger partial charge in [-0.2, -0.15) is 0 Å². The average molecular weight is 327 g/mol. The van der Waals surface area contributed by atoms with Gasteiger partial charge in [0.15, 0.2) is 0 Å². The molecule has 0 radical (unpaired) electrons. The summed E-state index contributed by atoms with van der Waals surface area (Å²) >= 11 is 0. The number of hydrogen-bond acceptors (Lipinski definition) is 4. The van der Waals surface area contributed by atoms with Gasteiger partial charge in [-0.05, 0) is 32.6 Å². The molecule has 0 aromatic heterocycles. The Balaban J connectivity index is 1.90. The minimum atomic E-state index is -0.899. The Morgan fingerprint density at radius 3 is 2.39 bits per heavy atom. The van der Waals surface area contributed by atoms with Crippen molar-refractivity contribution >= 4 is 11.9 Å². The third-order valence-electron chi connectivity index (χ3n) is 4.90. The van der Waals surface area contributed by atoms with E-state index in [9.17, 15) is 9.59 Å². The monoisotopic (exact) mass is 327 g/mol. The first-order valence-electron chi connectivity index (χ1n) is 8.78. The van der Waals surface area contributed by atoms with Crippen molar-refractivity contribution in [1.82, 2.24) is 5.32 Å². The normalized spacial score (nSPS) is 23.7. The van der Waals surface area contributed by atoms with Gasteiger partial charge in [-0.1, -0.05) is 25.7 Å². The molecule has 2 aliphatic rings. The lowest BCUT2D eigenvalue weighted by atomic mass is 9.86. The summed E-state index contributed by atoms with van der Waals surface area (Å²) in [6.07, 6.45) is 7.37. The molecule has 1 saturated heterocycles. The molecule has 0 aromatic carbocycles. The number of hydrogen-bond donors (Lipinski definition) is 2. The molecule has 2 fully saturated rings. The van der Waals surface area contributed by atoms with Crippen LogP contribution in [-0.2, 0) is 19.1 Å². The fourth-order valence-corrected chi connectivity index (χ4v) is 3.49. The molecule has 1 atom stereocenters. The van der Waals surface area contributed by atoms with E-state index in [4.69, 9.17) is 14.6 Å². The summed E-state index contributed by atoms with van der Waals surface area (Å²) < 4.78 is 11.2. The molecular weight excluding hydrogens is 298 g/mol. The number of aliphatic carboxylic acids is 1. The lowest BCUT2D eigenvalue weighted by Gasteiger charge is -2.37. The van der Waals surface area contributed by atoms with Crippen molar-refractivity contribution in [3.05, 3.63) is 0 Å². The predicted molar refractivity (Wildman–Crippen MR) is 85.2 cm³/mol. The highest BCUT2D eigenvalue weighted by Crippen LogP contribution is 2.26. The number of nitrogens with one attached hydrogen (secondary N) is 1. The lowest BCUT2D eigenvalue weighted by molar-refractivity contribution is -0.143. The molecule has 2 rings (SSSR count). The highest BCUT2D eigenvalue weighted by atomic mass is 16.5. The van der Waals surface area contributed by atoms with Crippen LogP contribution in [0.3, 0.4) is 0 Å². The van der Waals surface area contributed by atoms with Crippen molar-refractivity contribution < 1.29 is 24.2 Å². The fraction of sp³-hybridized carbons (Fsp3) is 0.882. The van der Waals surface area contributed by atoms with Crippen LogP contribution in [0.2, 0.25) is 0 Å². The SMILES string of the molecule is CC(OC1CCCCCC1)C(=O)NC1(CC(=O)O)CCOCC1.